The molecule has 0 saturated heterocycles. The van der Waals surface area contributed by atoms with Crippen LogP contribution < -0.4 is 0 Å². The highest BCUT2D eigenvalue weighted by Crippen LogP contribution is 2.66. The van der Waals surface area contributed by atoms with Gasteiger partial charge >= 0.3 is 0 Å². The van der Waals surface area contributed by atoms with Gasteiger partial charge in [0.25, 0.3) is 0 Å². The maximum atomic E-state index is 2.69. The van der Waals surface area contributed by atoms with Crippen LogP contribution in [-0.4, -0.2) is 0 Å². The van der Waals surface area contributed by atoms with Crippen molar-refractivity contribution in [2.24, 2.45) is 46.3 Å². The van der Waals surface area contributed by atoms with E-state index in [1.807, 2.05) is 0 Å². The molecule has 4 rings (SSSR count). The Labute approximate surface area is 168 Å². The van der Waals surface area contributed by atoms with Gasteiger partial charge < -0.3 is 0 Å². The molecular formula is C27H42. The smallest absolute Gasteiger partial charge is 0.000690 e. The first-order chi connectivity index (χ1) is 12.9. The first-order valence-electron chi connectivity index (χ1n) is 11.9. The van der Waals surface area contributed by atoms with Crippen molar-refractivity contribution in [2.45, 2.75) is 86.0 Å². The van der Waals surface area contributed by atoms with Crippen LogP contribution in [0.15, 0.2) is 36.0 Å². The molecule has 2 fully saturated rings. The molecule has 0 aromatic rings. The molecule has 0 nitrogen and oxygen atoms in total. The van der Waals surface area contributed by atoms with Crippen molar-refractivity contribution in [1.82, 2.24) is 0 Å². The van der Waals surface area contributed by atoms with E-state index < -0.39 is 0 Å². The van der Waals surface area contributed by atoms with Gasteiger partial charge in [0.2, 0.25) is 0 Å². The van der Waals surface area contributed by atoms with Crippen molar-refractivity contribution in [3.63, 3.8) is 0 Å². The second-order valence-corrected chi connectivity index (χ2v) is 11.4. The molecule has 0 heteroatoms. The molecule has 150 valence electrons. The lowest BCUT2D eigenvalue weighted by molar-refractivity contribution is -0.0222. The third kappa shape index (κ3) is 3.20. The Balaban J connectivity index is 1.51. The molecule has 4 aliphatic rings. The minimum absolute atomic E-state index is 0.399. The molecule has 0 aliphatic heterocycles. The molecule has 7 atom stereocenters. The van der Waals surface area contributed by atoms with E-state index in [2.05, 4.69) is 65.0 Å². The number of fused-ring (bicyclic) bond motifs is 5. The van der Waals surface area contributed by atoms with Crippen LogP contribution in [0.1, 0.15) is 86.0 Å². The molecule has 0 heterocycles. The van der Waals surface area contributed by atoms with Gasteiger partial charge in [0.05, 0.1) is 0 Å². The fourth-order valence-corrected chi connectivity index (χ4v) is 7.85. The summed E-state index contributed by atoms with van der Waals surface area (Å²) in [7, 11) is 0. The van der Waals surface area contributed by atoms with Crippen LogP contribution in [0, 0.1) is 46.3 Å². The van der Waals surface area contributed by atoms with E-state index in [-0.39, 0.29) is 0 Å². The zero-order valence-corrected chi connectivity index (χ0v) is 18.5. The Bertz CT molecular complexity index is 634. The summed E-state index contributed by atoms with van der Waals surface area (Å²) in [6, 6.07) is 0. The normalized spacial score (nSPS) is 43.9. The lowest BCUT2D eigenvalue weighted by Gasteiger charge is -2.56. The number of hydrogen-bond donors (Lipinski definition) is 0. The third-order valence-corrected chi connectivity index (χ3v) is 9.46. The fourth-order valence-electron chi connectivity index (χ4n) is 7.85. The van der Waals surface area contributed by atoms with Crippen molar-refractivity contribution in [3.8, 4) is 0 Å². The van der Waals surface area contributed by atoms with Crippen LogP contribution in [-0.2, 0) is 0 Å². The summed E-state index contributed by atoms with van der Waals surface area (Å²) in [5.74, 6) is 5.34. The summed E-state index contributed by atoms with van der Waals surface area (Å²) < 4.78 is 0. The summed E-state index contributed by atoms with van der Waals surface area (Å²) >= 11 is 0. The molecule has 0 bridgehead atoms. The van der Waals surface area contributed by atoms with Crippen molar-refractivity contribution in [3.05, 3.63) is 36.0 Å². The maximum Gasteiger partial charge on any atom is -0.000690 e. The highest BCUT2D eigenvalue weighted by Gasteiger charge is 2.57. The minimum atomic E-state index is 0.399. The lowest BCUT2D eigenvalue weighted by atomic mass is 9.48. The van der Waals surface area contributed by atoms with Crippen LogP contribution >= 0.6 is 0 Å². The Morgan fingerprint density at radius 2 is 1.85 bits per heavy atom. The summed E-state index contributed by atoms with van der Waals surface area (Å²) in [5.41, 5.74) is 2.59. The van der Waals surface area contributed by atoms with E-state index >= 15 is 0 Å². The molecule has 2 saturated carbocycles. The summed E-state index contributed by atoms with van der Waals surface area (Å²) in [5, 5.41) is 0. The number of rotatable bonds is 5. The van der Waals surface area contributed by atoms with Crippen LogP contribution in [0.4, 0.5) is 0 Å². The molecule has 0 spiro atoms. The zero-order chi connectivity index (χ0) is 19.2. The second kappa shape index (κ2) is 7.23. The zero-order valence-electron chi connectivity index (χ0n) is 18.5. The third-order valence-electron chi connectivity index (χ3n) is 9.46. The monoisotopic (exact) mass is 366 g/mol. The van der Waals surface area contributed by atoms with Crippen molar-refractivity contribution >= 4 is 0 Å². The Morgan fingerprint density at radius 1 is 1.04 bits per heavy atom. The van der Waals surface area contributed by atoms with Gasteiger partial charge in [-0.1, -0.05) is 84.3 Å². The number of hydrogen-bond acceptors (Lipinski definition) is 0. The predicted molar refractivity (Wildman–Crippen MR) is 117 cm³/mol. The van der Waals surface area contributed by atoms with Crippen molar-refractivity contribution in [2.75, 3.05) is 0 Å². The van der Waals surface area contributed by atoms with Gasteiger partial charge in [-0.15, -0.1) is 0 Å². The van der Waals surface area contributed by atoms with Crippen LogP contribution in [0.2, 0.25) is 0 Å². The molecule has 0 aromatic heterocycles. The Morgan fingerprint density at radius 3 is 2.63 bits per heavy atom. The summed E-state index contributed by atoms with van der Waals surface area (Å²) in [6.45, 7) is 12.6. The molecule has 4 aliphatic carbocycles. The molecule has 0 amide bonds. The van der Waals surface area contributed by atoms with Gasteiger partial charge in [0.15, 0.2) is 0 Å². The molecule has 0 radical (unpaired) electrons. The first kappa shape index (κ1) is 19.5. The van der Waals surface area contributed by atoms with E-state index in [1.54, 1.807) is 5.57 Å². The Hall–Kier alpha value is -0.780. The molecule has 0 aromatic carbocycles. The van der Waals surface area contributed by atoms with Crippen LogP contribution in [0.25, 0.3) is 0 Å². The summed E-state index contributed by atoms with van der Waals surface area (Å²) in [6.07, 6.45) is 23.7. The van der Waals surface area contributed by atoms with Gasteiger partial charge in [-0.25, -0.2) is 0 Å². The second-order valence-electron chi connectivity index (χ2n) is 11.4. The van der Waals surface area contributed by atoms with E-state index in [9.17, 15) is 0 Å². The van der Waals surface area contributed by atoms with E-state index in [1.165, 1.54) is 51.4 Å². The topological polar surface area (TPSA) is 0 Å². The fraction of sp³-hybridized carbons (Fsp3) is 0.778. The Kier molecular flexibility index (Phi) is 5.23. The maximum absolute atomic E-state index is 2.69. The van der Waals surface area contributed by atoms with Gasteiger partial charge in [0, 0.05) is 0 Å². The van der Waals surface area contributed by atoms with E-state index in [0.717, 1.165) is 35.5 Å². The van der Waals surface area contributed by atoms with Gasteiger partial charge in [0.1, 0.15) is 0 Å². The van der Waals surface area contributed by atoms with E-state index in [0.29, 0.717) is 10.8 Å². The van der Waals surface area contributed by atoms with Crippen molar-refractivity contribution in [1.29, 1.82) is 0 Å². The average molecular weight is 367 g/mol. The number of allylic oxidation sites excluding steroid dienone is 6. The molecule has 0 N–H and O–H groups in total. The average Bonchev–Trinajstić information content (AvgIpc) is 2.98. The lowest BCUT2D eigenvalue weighted by Crippen LogP contribution is -2.48. The van der Waals surface area contributed by atoms with Gasteiger partial charge in [-0.05, 0) is 84.0 Å². The first-order valence-corrected chi connectivity index (χ1v) is 11.9. The van der Waals surface area contributed by atoms with E-state index in [4.69, 9.17) is 0 Å². The highest BCUT2D eigenvalue weighted by molar-refractivity contribution is 5.39. The van der Waals surface area contributed by atoms with Crippen molar-refractivity contribution < 1.29 is 0 Å². The molecule has 1 unspecified atom stereocenters. The highest BCUT2D eigenvalue weighted by atomic mass is 14.6. The quantitative estimate of drug-likeness (QED) is 0.463. The largest absolute Gasteiger partial charge is 0.0836 e. The predicted octanol–water partition coefficient (Wildman–Crippen LogP) is 7.97. The minimum Gasteiger partial charge on any atom is -0.0836 e. The van der Waals surface area contributed by atoms with Crippen LogP contribution in [0.3, 0.4) is 0 Å². The van der Waals surface area contributed by atoms with Gasteiger partial charge in [-0.3, -0.25) is 0 Å². The van der Waals surface area contributed by atoms with Gasteiger partial charge in [-0.2, -0.15) is 0 Å². The molecule has 27 heavy (non-hydrogen) atoms. The SMILES string of the molecule is CC(C)CCC[C@@H](C)C1CC[C@H]2[C@@H]3C=CC4=CC=CC[C@]4(C)[C@H]3CC[C@]12C. The molecular weight excluding hydrogens is 324 g/mol. The summed E-state index contributed by atoms with van der Waals surface area (Å²) in [4.78, 5) is 0. The standard InChI is InChI=1S/C27H42/c1-19(2)9-8-10-20(3)23-14-15-24-22-13-12-21-11-6-7-17-26(21,4)25(22)16-18-27(23,24)5/h6-7,11-13,19-20,22-25H,8-10,14-18H2,1-5H3/t20-,22+,23?,24+,25+,26+,27-/m1/s1. The van der Waals surface area contributed by atoms with Crippen LogP contribution in [0.5, 0.6) is 0 Å².